The lowest BCUT2D eigenvalue weighted by molar-refractivity contribution is -0.121. The zero-order chi connectivity index (χ0) is 8.27. The summed E-state index contributed by atoms with van der Waals surface area (Å²) in [6.07, 6.45) is 5.33. The summed E-state index contributed by atoms with van der Waals surface area (Å²) in [5, 5.41) is 0. The van der Waals surface area contributed by atoms with Gasteiger partial charge in [0.25, 0.3) is 0 Å². The van der Waals surface area contributed by atoms with Crippen molar-refractivity contribution in [3.8, 4) is 0 Å². The second-order valence-corrected chi connectivity index (χ2v) is 5.64. The van der Waals surface area contributed by atoms with E-state index < -0.39 is 0 Å². The maximum absolute atomic E-state index is 11.1. The maximum atomic E-state index is 11.1. The molecule has 0 heterocycles. The van der Waals surface area contributed by atoms with Crippen LogP contribution in [-0.2, 0) is 4.79 Å². The molecule has 1 aliphatic rings. The Morgan fingerprint density at radius 2 is 2.45 bits per heavy atom. The van der Waals surface area contributed by atoms with Gasteiger partial charge < -0.3 is 0 Å². The molecular formula is C9H15IO. The molecule has 0 radical (unpaired) electrons. The molecule has 1 fully saturated rings. The highest BCUT2D eigenvalue weighted by atomic mass is 127. The Hall–Kier alpha value is 0.400. The third kappa shape index (κ3) is 3.54. The van der Waals surface area contributed by atoms with Gasteiger partial charge in [0, 0.05) is 16.8 Å². The SMILES string of the molecule is CC(I)CC1CCCC(=O)C1. The Morgan fingerprint density at radius 1 is 1.73 bits per heavy atom. The topological polar surface area (TPSA) is 17.1 Å². The average molecular weight is 266 g/mol. The Bertz CT molecular complexity index is 142. The highest BCUT2D eigenvalue weighted by molar-refractivity contribution is 14.1. The Morgan fingerprint density at radius 3 is 3.00 bits per heavy atom. The number of rotatable bonds is 2. The molecule has 0 aliphatic heterocycles. The molecule has 2 unspecified atom stereocenters. The van der Waals surface area contributed by atoms with Crippen molar-refractivity contribution in [1.82, 2.24) is 0 Å². The highest BCUT2D eigenvalue weighted by Crippen LogP contribution is 2.27. The summed E-state index contributed by atoms with van der Waals surface area (Å²) >= 11 is 2.44. The van der Waals surface area contributed by atoms with Gasteiger partial charge in [0.1, 0.15) is 5.78 Å². The summed E-state index contributed by atoms with van der Waals surface area (Å²) in [4.78, 5) is 11.1. The summed E-state index contributed by atoms with van der Waals surface area (Å²) in [6.45, 7) is 2.22. The van der Waals surface area contributed by atoms with Crippen molar-refractivity contribution in [2.45, 2.75) is 43.0 Å². The quantitative estimate of drug-likeness (QED) is 0.554. The number of hydrogen-bond donors (Lipinski definition) is 0. The predicted octanol–water partition coefficient (Wildman–Crippen LogP) is 2.96. The van der Waals surface area contributed by atoms with Gasteiger partial charge in [0.2, 0.25) is 0 Å². The highest BCUT2D eigenvalue weighted by Gasteiger charge is 2.20. The molecule has 1 saturated carbocycles. The van der Waals surface area contributed by atoms with E-state index in [0.717, 1.165) is 23.2 Å². The smallest absolute Gasteiger partial charge is 0.133 e. The number of halogens is 1. The second-order valence-electron chi connectivity index (χ2n) is 3.52. The van der Waals surface area contributed by atoms with E-state index in [0.29, 0.717) is 11.7 Å². The first kappa shape index (κ1) is 9.49. The standard InChI is InChI=1S/C9H15IO/c1-7(10)5-8-3-2-4-9(11)6-8/h7-8H,2-6H2,1H3. The van der Waals surface area contributed by atoms with E-state index in [2.05, 4.69) is 29.5 Å². The third-order valence-electron chi connectivity index (χ3n) is 2.24. The van der Waals surface area contributed by atoms with Gasteiger partial charge in [-0.15, -0.1) is 0 Å². The molecule has 0 N–H and O–H groups in total. The summed E-state index contributed by atoms with van der Waals surface area (Å²) in [5.74, 6) is 1.18. The molecule has 11 heavy (non-hydrogen) atoms. The van der Waals surface area contributed by atoms with Crippen molar-refractivity contribution in [1.29, 1.82) is 0 Å². The third-order valence-corrected chi connectivity index (χ3v) is 2.75. The molecule has 2 heteroatoms. The minimum absolute atomic E-state index is 0.485. The first-order valence-electron chi connectivity index (χ1n) is 4.34. The van der Waals surface area contributed by atoms with Crippen molar-refractivity contribution in [3.63, 3.8) is 0 Å². The normalized spacial score (nSPS) is 28.5. The lowest BCUT2D eigenvalue weighted by Crippen LogP contribution is -2.16. The van der Waals surface area contributed by atoms with Crippen LogP contribution in [0.5, 0.6) is 0 Å². The van der Waals surface area contributed by atoms with Crippen LogP contribution in [0, 0.1) is 5.92 Å². The fraction of sp³-hybridized carbons (Fsp3) is 0.889. The molecule has 0 aromatic rings. The van der Waals surface area contributed by atoms with Crippen LogP contribution in [-0.4, -0.2) is 9.71 Å². The van der Waals surface area contributed by atoms with Gasteiger partial charge in [0.15, 0.2) is 0 Å². The molecule has 0 amide bonds. The largest absolute Gasteiger partial charge is 0.300 e. The summed E-state index contributed by atoms with van der Waals surface area (Å²) in [6, 6.07) is 0. The predicted molar refractivity (Wildman–Crippen MR) is 55.1 cm³/mol. The van der Waals surface area contributed by atoms with E-state index in [1.54, 1.807) is 0 Å². The second kappa shape index (κ2) is 4.43. The van der Waals surface area contributed by atoms with E-state index in [9.17, 15) is 4.79 Å². The van der Waals surface area contributed by atoms with Crippen LogP contribution < -0.4 is 0 Å². The number of alkyl halides is 1. The number of carbonyl (C=O) groups is 1. The average Bonchev–Trinajstić information content (AvgIpc) is 1.85. The number of hydrogen-bond acceptors (Lipinski definition) is 1. The Labute approximate surface area is 82.1 Å². The van der Waals surface area contributed by atoms with Gasteiger partial charge in [-0.2, -0.15) is 0 Å². The maximum Gasteiger partial charge on any atom is 0.133 e. The number of ketones is 1. The van der Waals surface area contributed by atoms with Crippen molar-refractivity contribution in [2.24, 2.45) is 5.92 Å². The molecule has 64 valence electrons. The first-order chi connectivity index (χ1) is 5.18. The number of carbonyl (C=O) groups excluding carboxylic acids is 1. The Kier molecular flexibility index (Phi) is 3.82. The van der Waals surface area contributed by atoms with E-state index >= 15 is 0 Å². The van der Waals surface area contributed by atoms with Crippen LogP contribution in [0.2, 0.25) is 0 Å². The monoisotopic (exact) mass is 266 g/mol. The molecular weight excluding hydrogens is 251 g/mol. The van der Waals surface area contributed by atoms with E-state index in [1.165, 1.54) is 12.8 Å². The molecule has 1 aliphatic carbocycles. The van der Waals surface area contributed by atoms with Crippen LogP contribution in [0.3, 0.4) is 0 Å². The molecule has 0 aromatic heterocycles. The zero-order valence-corrected chi connectivity index (χ0v) is 9.13. The van der Waals surface area contributed by atoms with Gasteiger partial charge in [-0.1, -0.05) is 29.5 Å². The van der Waals surface area contributed by atoms with Gasteiger partial charge >= 0.3 is 0 Å². The van der Waals surface area contributed by atoms with Crippen molar-refractivity contribution in [2.75, 3.05) is 0 Å². The van der Waals surface area contributed by atoms with E-state index in [1.807, 2.05) is 0 Å². The lowest BCUT2D eigenvalue weighted by atomic mass is 9.85. The van der Waals surface area contributed by atoms with Crippen LogP contribution in [0.15, 0.2) is 0 Å². The van der Waals surface area contributed by atoms with Gasteiger partial charge in [-0.25, -0.2) is 0 Å². The number of Topliss-reactive ketones (excluding diaryl/α,β-unsaturated/α-hetero) is 1. The summed E-state index contributed by atoms with van der Waals surface area (Å²) in [5.41, 5.74) is 0. The minimum Gasteiger partial charge on any atom is -0.300 e. The van der Waals surface area contributed by atoms with Crippen LogP contribution in [0.1, 0.15) is 39.0 Å². The zero-order valence-electron chi connectivity index (χ0n) is 6.98. The van der Waals surface area contributed by atoms with Crippen LogP contribution >= 0.6 is 22.6 Å². The van der Waals surface area contributed by atoms with Gasteiger partial charge in [-0.3, -0.25) is 4.79 Å². The van der Waals surface area contributed by atoms with Crippen molar-refractivity contribution < 1.29 is 4.79 Å². The Balaban J connectivity index is 2.28. The van der Waals surface area contributed by atoms with Crippen molar-refractivity contribution in [3.05, 3.63) is 0 Å². The van der Waals surface area contributed by atoms with E-state index in [4.69, 9.17) is 0 Å². The fourth-order valence-corrected chi connectivity index (χ4v) is 2.49. The molecule has 0 aromatic carbocycles. The molecule has 0 spiro atoms. The molecule has 2 atom stereocenters. The van der Waals surface area contributed by atoms with Crippen molar-refractivity contribution >= 4 is 28.4 Å². The van der Waals surface area contributed by atoms with Crippen LogP contribution in [0.25, 0.3) is 0 Å². The van der Waals surface area contributed by atoms with Gasteiger partial charge in [-0.05, 0) is 25.2 Å². The molecule has 1 rings (SSSR count). The van der Waals surface area contributed by atoms with Crippen LogP contribution in [0.4, 0.5) is 0 Å². The first-order valence-corrected chi connectivity index (χ1v) is 5.59. The molecule has 0 bridgehead atoms. The lowest BCUT2D eigenvalue weighted by Gasteiger charge is -2.21. The fourth-order valence-electron chi connectivity index (χ4n) is 1.77. The van der Waals surface area contributed by atoms with Gasteiger partial charge in [0.05, 0.1) is 0 Å². The van der Waals surface area contributed by atoms with E-state index in [-0.39, 0.29) is 0 Å². The molecule has 1 nitrogen and oxygen atoms in total. The summed E-state index contributed by atoms with van der Waals surface area (Å²) < 4.78 is 0.725. The molecule has 0 saturated heterocycles. The summed E-state index contributed by atoms with van der Waals surface area (Å²) in [7, 11) is 0. The minimum atomic E-state index is 0.485.